The highest BCUT2D eigenvalue weighted by Gasteiger charge is 2.62. The number of nitrogens with zero attached hydrogens (tertiary/aromatic N) is 2. The molecule has 2 fully saturated rings. The number of hydrogen-bond donors (Lipinski definition) is 1. The topological polar surface area (TPSA) is 75.9 Å². The molecule has 42 heavy (non-hydrogen) atoms. The molecule has 1 heterocycles. The molecular weight excluding hydrogens is 536 g/mol. The van der Waals surface area contributed by atoms with Crippen LogP contribution in [0.25, 0.3) is 0 Å². The molecule has 0 spiro atoms. The SMILES string of the molecule is COC(=O)C1(c2ccc(F)c(F)c2)CC1CN1CCC(c2ccccc2)(N(C)C(C)=O)CC1.C[C@H](N)c1ccccc1. The summed E-state index contributed by atoms with van der Waals surface area (Å²) in [5.74, 6) is -2.31. The largest absolute Gasteiger partial charge is 0.468 e. The second-order valence-corrected chi connectivity index (χ2v) is 11.5. The van der Waals surface area contributed by atoms with Crippen molar-refractivity contribution in [3.8, 4) is 0 Å². The fraction of sp³-hybridized carbons (Fsp3) is 0.412. The van der Waals surface area contributed by atoms with E-state index in [1.807, 2.05) is 67.4 Å². The normalized spacial score (nSPS) is 21.8. The van der Waals surface area contributed by atoms with Crippen molar-refractivity contribution in [1.29, 1.82) is 0 Å². The number of carbonyl (C=O) groups excluding carboxylic acids is 2. The fourth-order valence-electron chi connectivity index (χ4n) is 6.27. The summed E-state index contributed by atoms with van der Waals surface area (Å²) in [6.07, 6.45) is 2.09. The van der Waals surface area contributed by atoms with E-state index < -0.39 is 23.0 Å². The van der Waals surface area contributed by atoms with Crippen molar-refractivity contribution in [1.82, 2.24) is 9.80 Å². The highest BCUT2D eigenvalue weighted by Crippen LogP contribution is 2.56. The van der Waals surface area contributed by atoms with E-state index in [4.69, 9.17) is 10.5 Å². The third-order valence-corrected chi connectivity index (χ3v) is 9.00. The summed E-state index contributed by atoms with van der Waals surface area (Å²) < 4.78 is 32.4. The fourth-order valence-corrected chi connectivity index (χ4v) is 6.27. The van der Waals surface area contributed by atoms with Crippen molar-refractivity contribution in [2.45, 2.75) is 50.1 Å². The zero-order valence-corrected chi connectivity index (χ0v) is 24.9. The lowest BCUT2D eigenvalue weighted by molar-refractivity contribution is -0.144. The quantitative estimate of drug-likeness (QED) is 0.372. The maximum atomic E-state index is 13.9. The van der Waals surface area contributed by atoms with Crippen LogP contribution < -0.4 is 5.73 Å². The maximum Gasteiger partial charge on any atom is 0.316 e. The number of benzene rings is 3. The molecule has 1 aliphatic heterocycles. The van der Waals surface area contributed by atoms with Gasteiger partial charge >= 0.3 is 5.97 Å². The van der Waals surface area contributed by atoms with Gasteiger partial charge in [0.15, 0.2) is 11.6 Å². The van der Waals surface area contributed by atoms with Crippen LogP contribution in [0.4, 0.5) is 8.78 Å². The molecule has 2 N–H and O–H groups in total. The molecule has 224 valence electrons. The highest BCUT2D eigenvalue weighted by atomic mass is 19.2. The predicted octanol–water partition coefficient (Wildman–Crippen LogP) is 5.57. The standard InChI is InChI=1S/C26H30F2N2O3.C8H11N/c1-18(31)29(2)25(19-7-5-4-6-8-19)11-13-30(14-12-25)17-21-16-26(21,24(32)33-3)20-9-10-22(27)23(28)15-20;1-7(9)8-5-3-2-4-6-8/h4-10,15,21H,11-14,16-17H2,1-3H3;2-7H,9H2,1H3/t;7-/m.0/s1. The smallest absolute Gasteiger partial charge is 0.316 e. The first-order chi connectivity index (χ1) is 20.0. The van der Waals surface area contributed by atoms with Crippen LogP contribution in [0.1, 0.15) is 55.8 Å². The Kier molecular flexibility index (Phi) is 9.79. The van der Waals surface area contributed by atoms with E-state index in [1.54, 1.807) is 6.92 Å². The van der Waals surface area contributed by atoms with Gasteiger partial charge in [-0.3, -0.25) is 9.59 Å². The van der Waals surface area contributed by atoms with Crippen molar-refractivity contribution in [3.63, 3.8) is 0 Å². The van der Waals surface area contributed by atoms with Gasteiger partial charge in [-0.1, -0.05) is 66.7 Å². The molecule has 1 aliphatic carbocycles. The first-order valence-electron chi connectivity index (χ1n) is 14.4. The average Bonchev–Trinajstić information content (AvgIpc) is 3.74. The molecule has 1 amide bonds. The van der Waals surface area contributed by atoms with Crippen molar-refractivity contribution < 1.29 is 23.1 Å². The van der Waals surface area contributed by atoms with Crippen molar-refractivity contribution >= 4 is 11.9 Å². The van der Waals surface area contributed by atoms with Gasteiger partial charge in [0.05, 0.1) is 18.1 Å². The molecule has 0 radical (unpaired) electrons. The van der Waals surface area contributed by atoms with Crippen molar-refractivity contribution in [2.75, 3.05) is 33.8 Å². The maximum absolute atomic E-state index is 13.9. The molecule has 6 nitrogen and oxygen atoms in total. The Morgan fingerprint density at radius 3 is 2.07 bits per heavy atom. The molecule has 8 heteroatoms. The minimum absolute atomic E-state index is 0.0255. The van der Waals surface area contributed by atoms with E-state index in [-0.39, 0.29) is 23.4 Å². The molecular formula is C34H41F2N3O3. The van der Waals surface area contributed by atoms with Crippen LogP contribution in [0.5, 0.6) is 0 Å². The molecule has 2 aliphatic rings. The van der Waals surface area contributed by atoms with E-state index in [1.165, 1.54) is 18.7 Å². The lowest BCUT2D eigenvalue weighted by atomic mass is 9.79. The number of ether oxygens (including phenoxy) is 1. The molecule has 2 unspecified atom stereocenters. The summed E-state index contributed by atoms with van der Waals surface area (Å²) in [5.41, 5.74) is 7.09. The minimum atomic E-state index is -0.959. The minimum Gasteiger partial charge on any atom is -0.468 e. The van der Waals surface area contributed by atoms with Crippen LogP contribution in [0.3, 0.4) is 0 Å². The number of halogens is 2. The molecule has 3 atom stereocenters. The predicted molar refractivity (Wildman–Crippen MR) is 159 cm³/mol. The number of hydrogen-bond acceptors (Lipinski definition) is 5. The number of rotatable bonds is 7. The lowest BCUT2D eigenvalue weighted by Gasteiger charge is -2.47. The number of methoxy groups -OCH3 is 1. The first-order valence-corrected chi connectivity index (χ1v) is 14.4. The van der Waals surface area contributed by atoms with Gasteiger partial charge in [0, 0.05) is 39.6 Å². The summed E-state index contributed by atoms with van der Waals surface area (Å²) in [4.78, 5) is 29.1. The van der Waals surface area contributed by atoms with Gasteiger partial charge in [-0.15, -0.1) is 0 Å². The summed E-state index contributed by atoms with van der Waals surface area (Å²) >= 11 is 0. The number of esters is 1. The third kappa shape index (κ3) is 6.40. The summed E-state index contributed by atoms with van der Waals surface area (Å²) in [7, 11) is 3.18. The monoisotopic (exact) mass is 577 g/mol. The van der Waals surface area contributed by atoms with Crippen LogP contribution in [0, 0.1) is 17.6 Å². The second-order valence-electron chi connectivity index (χ2n) is 11.5. The van der Waals surface area contributed by atoms with Gasteiger partial charge in [-0.2, -0.15) is 0 Å². The third-order valence-electron chi connectivity index (χ3n) is 9.00. The Labute approximate surface area is 247 Å². The van der Waals surface area contributed by atoms with Crippen LogP contribution >= 0.6 is 0 Å². The van der Waals surface area contributed by atoms with E-state index in [2.05, 4.69) is 17.0 Å². The van der Waals surface area contributed by atoms with Crippen molar-refractivity contribution in [2.24, 2.45) is 11.7 Å². The zero-order valence-electron chi connectivity index (χ0n) is 24.9. The number of amides is 1. The highest BCUT2D eigenvalue weighted by molar-refractivity contribution is 5.87. The Balaban J connectivity index is 0.000000385. The average molecular weight is 578 g/mol. The summed E-state index contributed by atoms with van der Waals surface area (Å²) in [6.45, 7) is 5.75. The Morgan fingerprint density at radius 2 is 1.57 bits per heavy atom. The molecule has 0 aromatic heterocycles. The summed E-state index contributed by atoms with van der Waals surface area (Å²) in [6, 6.07) is 24.0. The number of carbonyl (C=O) groups is 2. The van der Waals surface area contributed by atoms with Crippen LogP contribution in [0.2, 0.25) is 0 Å². The molecule has 1 saturated carbocycles. The Morgan fingerprint density at radius 1 is 0.976 bits per heavy atom. The Hall–Kier alpha value is -3.62. The molecule has 1 saturated heterocycles. The first kappa shape index (κ1) is 31.3. The second kappa shape index (κ2) is 13.1. The van der Waals surface area contributed by atoms with Crippen LogP contribution in [0.15, 0.2) is 78.9 Å². The van der Waals surface area contributed by atoms with Gasteiger partial charge < -0.3 is 20.3 Å². The van der Waals surface area contributed by atoms with E-state index >= 15 is 0 Å². The van der Waals surface area contributed by atoms with E-state index in [0.29, 0.717) is 18.5 Å². The molecule has 3 aromatic rings. The van der Waals surface area contributed by atoms with E-state index in [0.717, 1.165) is 43.6 Å². The zero-order chi connectivity index (χ0) is 30.5. The van der Waals surface area contributed by atoms with Crippen LogP contribution in [-0.4, -0.2) is 55.5 Å². The van der Waals surface area contributed by atoms with Gasteiger partial charge in [0.2, 0.25) is 5.91 Å². The van der Waals surface area contributed by atoms with Crippen molar-refractivity contribution in [3.05, 3.63) is 107 Å². The Bertz CT molecular complexity index is 1360. The number of piperidine rings is 1. The summed E-state index contributed by atoms with van der Waals surface area (Å²) in [5, 5.41) is 0. The van der Waals surface area contributed by atoms with Gasteiger partial charge in [-0.25, -0.2) is 8.78 Å². The lowest BCUT2D eigenvalue weighted by Crippen LogP contribution is -2.53. The van der Waals surface area contributed by atoms with Crippen LogP contribution in [-0.2, 0) is 25.3 Å². The number of likely N-dealkylation sites (tertiary alicyclic amines) is 1. The van der Waals surface area contributed by atoms with E-state index in [9.17, 15) is 18.4 Å². The molecule has 0 bridgehead atoms. The molecule has 5 rings (SSSR count). The number of nitrogens with two attached hydrogens (primary N) is 1. The molecule has 3 aromatic carbocycles. The van der Waals surface area contributed by atoms with Gasteiger partial charge in [0.1, 0.15) is 0 Å². The van der Waals surface area contributed by atoms with Gasteiger partial charge in [-0.05, 0) is 60.9 Å². The van der Waals surface area contributed by atoms with Gasteiger partial charge in [0.25, 0.3) is 0 Å².